The third-order valence-electron chi connectivity index (χ3n) is 3.66. The van der Waals surface area contributed by atoms with Crippen LogP contribution < -0.4 is 4.90 Å². The second-order valence-corrected chi connectivity index (χ2v) is 7.02. The number of allylic oxidation sites excluding steroid dienone is 1. The maximum atomic E-state index is 13.6. The summed E-state index contributed by atoms with van der Waals surface area (Å²) in [5, 5.41) is 9.18. The number of ether oxygens (including phenoxy) is 1. The molecule has 0 saturated carbocycles. The molecule has 0 N–H and O–H groups in total. The number of carbonyl (C=O) groups excluding carboxylic acids is 1. The minimum Gasteiger partial charge on any atom is -0.465 e. The van der Waals surface area contributed by atoms with Gasteiger partial charge in [0.2, 0.25) is 9.84 Å². The molecule has 1 aliphatic heterocycles. The summed E-state index contributed by atoms with van der Waals surface area (Å²) in [5.74, 6) is -1.29. The summed E-state index contributed by atoms with van der Waals surface area (Å²) in [4.78, 5) is 12.3. The molecule has 25 heavy (non-hydrogen) atoms. The molecule has 0 fully saturated rings. The van der Waals surface area contributed by atoms with E-state index in [1.807, 2.05) is 0 Å². The van der Waals surface area contributed by atoms with E-state index in [1.165, 1.54) is 30.2 Å². The van der Waals surface area contributed by atoms with Crippen LogP contribution in [-0.2, 0) is 14.6 Å². The van der Waals surface area contributed by atoms with Gasteiger partial charge in [-0.05, 0) is 36.4 Å². The molecule has 1 aliphatic rings. The highest BCUT2D eigenvalue weighted by Crippen LogP contribution is 2.39. The Kier molecular flexibility index (Phi) is 4.02. The van der Waals surface area contributed by atoms with E-state index in [0.717, 1.165) is 18.3 Å². The van der Waals surface area contributed by atoms with Crippen LogP contribution in [0.3, 0.4) is 0 Å². The molecular weight excluding hydrogens is 347 g/mol. The molecule has 8 heteroatoms. The minimum atomic E-state index is -4.10. The minimum absolute atomic E-state index is 0.183. The fourth-order valence-corrected chi connectivity index (χ4v) is 3.79. The van der Waals surface area contributed by atoms with E-state index in [-0.39, 0.29) is 16.1 Å². The summed E-state index contributed by atoms with van der Waals surface area (Å²) in [6.45, 7) is 0. The number of carbonyl (C=O) groups is 1. The molecule has 6 nitrogen and oxygen atoms in total. The van der Waals surface area contributed by atoms with Gasteiger partial charge >= 0.3 is 5.97 Å². The molecule has 0 aromatic heterocycles. The van der Waals surface area contributed by atoms with Crippen LogP contribution in [0.15, 0.2) is 58.5 Å². The van der Waals surface area contributed by atoms with Crippen molar-refractivity contribution in [3.63, 3.8) is 0 Å². The van der Waals surface area contributed by atoms with E-state index in [0.29, 0.717) is 5.69 Å². The zero-order valence-electron chi connectivity index (χ0n) is 12.9. The van der Waals surface area contributed by atoms with Gasteiger partial charge in [-0.1, -0.05) is 6.07 Å². The van der Waals surface area contributed by atoms with Gasteiger partial charge in [-0.2, -0.15) is 5.26 Å². The van der Waals surface area contributed by atoms with E-state index in [1.54, 1.807) is 18.2 Å². The van der Waals surface area contributed by atoms with Crippen LogP contribution in [0, 0.1) is 17.1 Å². The molecule has 0 radical (unpaired) electrons. The number of anilines is 2. The van der Waals surface area contributed by atoms with Gasteiger partial charge in [-0.15, -0.1) is 0 Å². The fourth-order valence-electron chi connectivity index (χ4n) is 2.48. The van der Waals surface area contributed by atoms with Crippen molar-refractivity contribution in [2.45, 2.75) is 4.90 Å². The van der Waals surface area contributed by atoms with Gasteiger partial charge < -0.3 is 9.64 Å². The maximum Gasteiger partial charge on any atom is 0.337 e. The number of fused-ring (bicyclic) bond motifs is 1. The van der Waals surface area contributed by atoms with Gasteiger partial charge in [0.1, 0.15) is 11.9 Å². The molecule has 1 heterocycles. The Morgan fingerprint density at radius 2 is 2.00 bits per heavy atom. The average Bonchev–Trinajstić information content (AvgIpc) is 2.61. The first-order valence-electron chi connectivity index (χ1n) is 7.02. The molecular formula is C17H11FN2O4S. The number of hydrogen-bond acceptors (Lipinski definition) is 6. The van der Waals surface area contributed by atoms with Crippen LogP contribution in [0.2, 0.25) is 0 Å². The van der Waals surface area contributed by atoms with Crippen molar-refractivity contribution in [1.82, 2.24) is 0 Å². The van der Waals surface area contributed by atoms with Crippen molar-refractivity contribution >= 4 is 27.2 Å². The predicted octanol–water partition coefficient (Wildman–Crippen LogP) is 2.90. The summed E-state index contributed by atoms with van der Waals surface area (Å²) < 4.78 is 43.1. The highest BCUT2D eigenvalue weighted by atomic mass is 32.2. The second kappa shape index (κ2) is 6.03. The number of hydrogen-bond donors (Lipinski definition) is 0. The molecule has 0 unspecified atom stereocenters. The SMILES string of the molecule is COC(=O)c1cccc(N2C=C(C#N)S(=O)(=O)c3cc(F)ccc32)c1. The second-order valence-electron chi connectivity index (χ2n) is 5.13. The molecule has 0 spiro atoms. The van der Waals surface area contributed by atoms with Gasteiger partial charge in [0.25, 0.3) is 0 Å². The Morgan fingerprint density at radius 1 is 1.24 bits per heavy atom. The molecule has 3 rings (SSSR count). The Bertz CT molecular complexity index is 1050. The molecule has 0 aliphatic carbocycles. The number of nitrogens with zero attached hydrogens (tertiary/aromatic N) is 2. The lowest BCUT2D eigenvalue weighted by Gasteiger charge is -2.27. The number of sulfone groups is 1. The Morgan fingerprint density at radius 3 is 2.68 bits per heavy atom. The summed E-state index contributed by atoms with van der Waals surface area (Å²) in [6.07, 6.45) is 1.14. The smallest absolute Gasteiger partial charge is 0.337 e. The van der Waals surface area contributed by atoms with Crippen LogP contribution in [0.1, 0.15) is 10.4 Å². The highest BCUT2D eigenvalue weighted by molar-refractivity contribution is 7.95. The van der Waals surface area contributed by atoms with Crippen LogP contribution in [0.5, 0.6) is 0 Å². The first kappa shape index (κ1) is 16.7. The van der Waals surface area contributed by atoms with Crippen LogP contribution in [-0.4, -0.2) is 21.5 Å². The van der Waals surface area contributed by atoms with Gasteiger partial charge in [-0.3, -0.25) is 0 Å². The number of methoxy groups -OCH3 is 1. The summed E-state index contributed by atoms with van der Waals surface area (Å²) >= 11 is 0. The molecule has 0 saturated heterocycles. The van der Waals surface area contributed by atoms with Gasteiger partial charge in [0.15, 0.2) is 4.91 Å². The number of benzene rings is 2. The van der Waals surface area contributed by atoms with Gasteiger partial charge in [0.05, 0.1) is 23.3 Å². The average molecular weight is 358 g/mol. The van der Waals surface area contributed by atoms with Crippen molar-refractivity contribution in [1.29, 1.82) is 5.26 Å². The first-order chi connectivity index (χ1) is 11.9. The summed E-state index contributed by atoms with van der Waals surface area (Å²) in [6, 6.07) is 11.2. The molecule has 0 atom stereocenters. The Hall–Kier alpha value is -3.18. The topological polar surface area (TPSA) is 87.5 Å². The quantitative estimate of drug-likeness (QED) is 0.767. The standard InChI is InChI=1S/C17H11FN2O4S/c1-24-17(21)11-3-2-4-13(7-11)20-10-14(9-19)25(22,23)16-8-12(18)5-6-15(16)20/h2-8,10H,1H3. The van der Waals surface area contributed by atoms with Gasteiger partial charge in [-0.25, -0.2) is 17.6 Å². The van der Waals surface area contributed by atoms with Crippen molar-refractivity contribution in [2.75, 3.05) is 12.0 Å². The lowest BCUT2D eigenvalue weighted by Crippen LogP contribution is -2.21. The Labute approximate surface area is 143 Å². The molecule has 2 aromatic carbocycles. The van der Waals surface area contributed by atoms with Crippen molar-refractivity contribution < 1.29 is 22.3 Å². The van der Waals surface area contributed by atoms with Crippen LogP contribution in [0.25, 0.3) is 0 Å². The van der Waals surface area contributed by atoms with Crippen molar-refractivity contribution in [2.24, 2.45) is 0 Å². The molecule has 126 valence electrons. The number of esters is 1. The predicted molar refractivity (Wildman–Crippen MR) is 87.2 cm³/mol. The van der Waals surface area contributed by atoms with E-state index in [9.17, 15) is 22.9 Å². The normalized spacial score (nSPS) is 14.9. The lowest BCUT2D eigenvalue weighted by molar-refractivity contribution is 0.0600. The van der Waals surface area contributed by atoms with E-state index < -0.39 is 26.5 Å². The third-order valence-corrected chi connectivity index (χ3v) is 5.34. The molecule has 0 amide bonds. The summed E-state index contributed by atoms with van der Waals surface area (Å²) in [5.41, 5.74) is 0.866. The third kappa shape index (κ3) is 2.75. The largest absolute Gasteiger partial charge is 0.465 e. The van der Waals surface area contributed by atoms with E-state index in [4.69, 9.17) is 0 Å². The first-order valence-corrected chi connectivity index (χ1v) is 8.51. The lowest BCUT2D eigenvalue weighted by atomic mass is 10.1. The van der Waals surface area contributed by atoms with Crippen LogP contribution >= 0.6 is 0 Å². The van der Waals surface area contributed by atoms with Crippen LogP contribution in [0.4, 0.5) is 15.8 Å². The fraction of sp³-hybridized carbons (Fsp3) is 0.0588. The monoisotopic (exact) mass is 358 g/mol. The number of halogens is 1. The molecule has 2 aromatic rings. The maximum absolute atomic E-state index is 13.6. The van der Waals surface area contributed by atoms with E-state index in [2.05, 4.69) is 4.74 Å². The highest BCUT2D eigenvalue weighted by Gasteiger charge is 2.32. The summed E-state index contributed by atoms with van der Waals surface area (Å²) in [7, 11) is -2.86. The Balaban J connectivity index is 2.24. The van der Waals surface area contributed by atoms with Crippen molar-refractivity contribution in [3.8, 4) is 6.07 Å². The van der Waals surface area contributed by atoms with E-state index >= 15 is 0 Å². The zero-order chi connectivity index (χ0) is 18.2. The van der Waals surface area contributed by atoms with Crippen molar-refractivity contribution in [3.05, 3.63) is 65.0 Å². The van der Waals surface area contributed by atoms with Gasteiger partial charge in [0, 0.05) is 11.9 Å². The number of rotatable bonds is 2. The number of nitriles is 1. The molecule has 0 bridgehead atoms. The zero-order valence-corrected chi connectivity index (χ0v) is 13.7.